The number of carbonyl (C=O) groups is 1. The van der Waals surface area contributed by atoms with Crippen LogP contribution in [0, 0.1) is 0 Å². The van der Waals surface area contributed by atoms with E-state index in [9.17, 15) is 13.6 Å². The largest absolute Gasteiger partial charge is 0.325 e. The molecule has 0 bridgehead atoms. The summed E-state index contributed by atoms with van der Waals surface area (Å²) in [5, 5.41) is 0. The van der Waals surface area contributed by atoms with Gasteiger partial charge in [0.1, 0.15) is 0 Å². The van der Waals surface area contributed by atoms with Crippen molar-refractivity contribution in [1.29, 1.82) is 0 Å². The van der Waals surface area contributed by atoms with E-state index in [4.69, 9.17) is 0 Å². The van der Waals surface area contributed by atoms with E-state index >= 15 is 0 Å². The molecule has 2 fully saturated rings. The average molecular weight is 232 g/mol. The van der Waals surface area contributed by atoms with Crippen LogP contribution in [-0.4, -0.2) is 47.9 Å². The zero-order valence-corrected chi connectivity index (χ0v) is 9.42. The van der Waals surface area contributed by atoms with Crippen LogP contribution in [0.2, 0.25) is 0 Å². The molecule has 0 unspecified atom stereocenters. The second-order valence-corrected chi connectivity index (χ2v) is 4.71. The fourth-order valence-corrected chi connectivity index (χ4v) is 2.41. The molecular formula is C11H18F2N2O. The number of urea groups is 1. The summed E-state index contributed by atoms with van der Waals surface area (Å²) in [5.41, 5.74) is 0. The van der Waals surface area contributed by atoms with Gasteiger partial charge in [-0.25, -0.2) is 13.6 Å². The van der Waals surface area contributed by atoms with Crippen LogP contribution in [-0.2, 0) is 0 Å². The number of likely N-dealkylation sites (tertiary alicyclic amines) is 2. The molecule has 2 heterocycles. The first kappa shape index (κ1) is 11.6. The van der Waals surface area contributed by atoms with Crippen LogP contribution in [0.5, 0.6) is 0 Å². The Bertz CT molecular complexity index is 265. The predicted octanol–water partition coefficient (Wildman–Crippen LogP) is 2.32. The van der Waals surface area contributed by atoms with Crippen molar-refractivity contribution < 1.29 is 13.6 Å². The van der Waals surface area contributed by atoms with Gasteiger partial charge < -0.3 is 9.80 Å². The minimum absolute atomic E-state index is 0.0865. The van der Waals surface area contributed by atoms with Crippen molar-refractivity contribution in [3.8, 4) is 0 Å². The van der Waals surface area contributed by atoms with E-state index in [-0.39, 0.29) is 12.5 Å². The first-order valence-electron chi connectivity index (χ1n) is 6.00. The highest BCUT2D eigenvalue weighted by Crippen LogP contribution is 2.27. The normalized spacial score (nSPS) is 25.6. The third-order valence-corrected chi connectivity index (χ3v) is 3.29. The molecule has 2 saturated heterocycles. The van der Waals surface area contributed by atoms with Crippen molar-refractivity contribution in [3.05, 3.63) is 0 Å². The van der Waals surface area contributed by atoms with Crippen molar-refractivity contribution in [2.24, 2.45) is 0 Å². The highest BCUT2D eigenvalue weighted by atomic mass is 19.3. The van der Waals surface area contributed by atoms with Crippen LogP contribution in [0.4, 0.5) is 13.6 Å². The maximum atomic E-state index is 13.2. The van der Waals surface area contributed by atoms with Gasteiger partial charge in [-0.05, 0) is 25.7 Å². The summed E-state index contributed by atoms with van der Waals surface area (Å²) in [6, 6.07) is -0.195. The first-order chi connectivity index (χ1) is 7.58. The van der Waals surface area contributed by atoms with E-state index in [1.807, 2.05) is 0 Å². The van der Waals surface area contributed by atoms with Gasteiger partial charge in [0.15, 0.2) is 0 Å². The summed E-state index contributed by atoms with van der Waals surface area (Å²) in [5.74, 6) is -2.69. The van der Waals surface area contributed by atoms with E-state index in [0.29, 0.717) is 13.0 Å². The van der Waals surface area contributed by atoms with Gasteiger partial charge in [0.05, 0.1) is 6.54 Å². The zero-order chi connectivity index (χ0) is 11.6. The van der Waals surface area contributed by atoms with Gasteiger partial charge in [-0.2, -0.15) is 0 Å². The van der Waals surface area contributed by atoms with E-state index in [1.165, 1.54) is 4.90 Å². The van der Waals surface area contributed by atoms with E-state index in [0.717, 1.165) is 32.4 Å². The Balaban J connectivity index is 1.93. The average Bonchev–Trinajstić information content (AvgIpc) is 2.28. The smallest absolute Gasteiger partial charge is 0.320 e. The third-order valence-electron chi connectivity index (χ3n) is 3.29. The van der Waals surface area contributed by atoms with E-state index in [1.54, 1.807) is 4.90 Å². The molecule has 2 aliphatic heterocycles. The molecule has 92 valence electrons. The van der Waals surface area contributed by atoms with Gasteiger partial charge in [-0.3, -0.25) is 0 Å². The van der Waals surface area contributed by atoms with Crippen LogP contribution in [0.25, 0.3) is 0 Å². The van der Waals surface area contributed by atoms with Crippen molar-refractivity contribution in [2.75, 3.05) is 26.2 Å². The van der Waals surface area contributed by atoms with Crippen LogP contribution in [0.15, 0.2) is 0 Å². The maximum absolute atomic E-state index is 13.2. The lowest BCUT2D eigenvalue weighted by Crippen LogP contribution is -2.52. The SMILES string of the molecule is O=C(N1CCCCC1)N1CCCC(F)(F)C1. The van der Waals surface area contributed by atoms with Crippen LogP contribution < -0.4 is 0 Å². The Morgan fingerprint density at radius 3 is 2.19 bits per heavy atom. The lowest BCUT2D eigenvalue weighted by atomic mass is 10.1. The number of halogens is 2. The second-order valence-electron chi connectivity index (χ2n) is 4.71. The highest BCUT2D eigenvalue weighted by Gasteiger charge is 2.38. The van der Waals surface area contributed by atoms with Crippen LogP contribution in [0.1, 0.15) is 32.1 Å². The van der Waals surface area contributed by atoms with E-state index < -0.39 is 12.5 Å². The van der Waals surface area contributed by atoms with Gasteiger partial charge >= 0.3 is 6.03 Å². The molecule has 0 aliphatic carbocycles. The Morgan fingerprint density at radius 2 is 1.56 bits per heavy atom. The molecule has 2 aliphatic rings. The monoisotopic (exact) mass is 232 g/mol. The molecule has 5 heteroatoms. The summed E-state index contributed by atoms with van der Waals surface area (Å²) in [6.07, 6.45) is 3.45. The predicted molar refractivity (Wildman–Crippen MR) is 56.6 cm³/mol. The summed E-state index contributed by atoms with van der Waals surface area (Å²) >= 11 is 0. The minimum atomic E-state index is -2.69. The molecule has 0 radical (unpaired) electrons. The summed E-state index contributed by atoms with van der Waals surface area (Å²) in [7, 11) is 0. The van der Waals surface area contributed by atoms with Gasteiger partial charge in [0, 0.05) is 26.1 Å². The number of carbonyl (C=O) groups excluding carboxylic acids is 1. The molecule has 16 heavy (non-hydrogen) atoms. The third kappa shape index (κ3) is 2.62. The van der Waals surface area contributed by atoms with Gasteiger partial charge in [-0.1, -0.05) is 0 Å². The topological polar surface area (TPSA) is 23.6 Å². The Kier molecular flexibility index (Phi) is 3.30. The number of nitrogens with zero attached hydrogens (tertiary/aromatic N) is 2. The summed E-state index contributed by atoms with van der Waals surface area (Å²) < 4.78 is 26.3. The molecule has 0 saturated carbocycles. The Morgan fingerprint density at radius 1 is 0.938 bits per heavy atom. The number of alkyl halides is 2. The molecule has 0 N–H and O–H groups in total. The summed E-state index contributed by atoms with van der Waals surface area (Å²) in [6.45, 7) is 1.52. The lowest BCUT2D eigenvalue weighted by molar-refractivity contribution is -0.0559. The standard InChI is InChI=1S/C11H18F2N2O/c12-11(13)5-4-8-15(9-11)10(16)14-6-2-1-3-7-14/h1-9H2. The summed E-state index contributed by atoms with van der Waals surface area (Å²) in [4.78, 5) is 15.0. The van der Waals surface area contributed by atoms with Gasteiger partial charge in [0.25, 0.3) is 5.92 Å². The minimum Gasteiger partial charge on any atom is -0.325 e. The van der Waals surface area contributed by atoms with Crippen molar-refractivity contribution >= 4 is 6.03 Å². The second kappa shape index (κ2) is 4.55. The van der Waals surface area contributed by atoms with Crippen molar-refractivity contribution in [1.82, 2.24) is 9.80 Å². The molecule has 0 atom stereocenters. The lowest BCUT2D eigenvalue weighted by Gasteiger charge is -2.37. The molecule has 2 amide bonds. The van der Waals surface area contributed by atoms with Crippen molar-refractivity contribution in [2.45, 2.75) is 38.0 Å². The van der Waals surface area contributed by atoms with Gasteiger partial charge in [-0.15, -0.1) is 0 Å². The number of hydrogen-bond donors (Lipinski definition) is 0. The molecule has 0 aromatic heterocycles. The molecule has 0 aromatic rings. The first-order valence-corrected chi connectivity index (χ1v) is 6.00. The van der Waals surface area contributed by atoms with Gasteiger partial charge in [0.2, 0.25) is 0 Å². The maximum Gasteiger partial charge on any atom is 0.320 e. The number of amides is 2. The molecule has 0 spiro atoms. The number of piperidine rings is 2. The number of hydrogen-bond acceptors (Lipinski definition) is 1. The molecule has 0 aromatic carbocycles. The van der Waals surface area contributed by atoms with Crippen molar-refractivity contribution in [3.63, 3.8) is 0 Å². The number of rotatable bonds is 0. The molecular weight excluding hydrogens is 214 g/mol. The van der Waals surface area contributed by atoms with Crippen LogP contribution in [0.3, 0.4) is 0 Å². The fourth-order valence-electron chi connectivity index (χ4n) is 2.41. The molecule has 2 rings (SSSR count). The Hall–Kier alpha value is -0.870. The highest BCUT2D eigenvalue weighted by molar-refractivity contribution is 5.74. The van der Waals surface area contributed by atoms with E-state index in [2.05, 4.69) is 0 Å². The fraction of sp³-hybridized carbons (Fsp3) is 0.909. The quantitative estimate of drug-likeness (QED) is 0.628. The molecule has 3 nitrogen and oxygen atoms in total. The van der Waals surface area contributed by atoms with Crippen LogP contribution >= 0.6 is 0 Å². The zero-order valence-electron chi connectivity index (χ0n) is 9.42. The Labute approximate surface area is 94.4 Å².